The lowest BCUT2D eigenvalue weighted by Gasteiger charge is -2.09. The molecule has 0 saturated carbocycles. The number of hydrogen-bond acceptors (Lipinski definition) is 6. The number of nitrogens with zero attached hydrogens (tertiary/aromatic N) is 2. The normalized spacial score (nSPS) is 10.4. The highest BCUT2D eigenvalue weighted by molar-refractivity contribution is 5.81. The fraction of sp³-hybridized carbons (Fsp3) is 0.111. The molecule has 3 rings (SSSR count). The molecule has 25 heavy (non-hydrogen) atoms. The van der Waals surface area contributed by atoms with Crippen LogP contribution in [0.15, 0.2) is 51.7 Å². The number of benzene rings is 2. The molecule has 7 nitrogen and oxygen atoms in total. The lowest BCUT2D eigenvalue weighted by atomic mass is 10.1. The van der Waals surface area contributed by atoms with Crippen molar-refractivity contribution >= 4 is 16.7 Å². The third-order valence-corrected chi connectivity index (χ3v) is 3.70. The van der Waals surface area contributed by atoms with E-state index in [1.54, 1.807) is 18.2 Å². The molecule has 7 heteroatoms. The van der Waals surface area contributed by atoms with Crippen molar-refractivity contribution in [3.8, 4) is 17.6 Å². The molecule has 0 N–H and O–H groups in total. The van der Waals surface area contributed by atoms with Crippen molar-refractivity contribution in [3.05, 3.63) is 74.1 Å². The minimum absolute atomic E-state index is 0.0399. The predicted octanol–water partition coefficient (Wildman–Crippen LogP) is 3.93. The van der Waals surface area contributed by atoms with Gasteiger partial charge in [-0.25, -0.2) is 4.79 Å². The first-order chi connectivity index (χ1) is 12.0. The van der Waals surface area contributed by atoms with Crippen LogP contribution in [0.5, 0.6) is 11.5 Å². The van der Waals surface area contributed by atoms with Crippen LogP contribution in [0.25, 0.3) is 11.0 Å². The van der Waals surface area contributed by atoms with E-state index in [1.165, 1.54) is 18.2 Å². The number of fused-ring (bicyclic) bond motifs is 1. The van der Waals surface area contributed by atoms with Crippen molar-refractivity contribution < 1.29 is 14.1 Å². The fourth-order valence-electron chi connectivity index (χ4n) is 2.50. The van der Waals surface area contributed by atoms with Crippen LogP contribution in [0, 0.1) is 21.4 Å². The molecule has 1 heterocycles. The lowest BCUT2D eigenvalue weighted by molar-refractivity contribution is -0.384. The van der Waals surface area contributed by atoms with E-state index in [2.05, 4.69) is 0 Å². The van der Waals surface area contributed by atoms with E-state index < -0.39 is 10.5 Å². The summed E-state index contributed by atoms with van der Waals surface area (Å²) in [5.74, 6) is 0.538. The van der Waals surface area contributed by atoms with E-state index in [1.807, 2.05) is 13.0 Å². The summed E-state index contributed by atoms with van der Waals surface area (Å²) in [6, 6.07) is 12.1. The van der Waals surface area contributed by atoms with E-state index in [0.29, 0.717) is 17.8 Å². The Balaban J connectivity index is 2.03. The summed E-state index contributed by atoms with van der Waals surface area (Å²) >= 11 is 0. The van der Waals surface area contributed by atoms with Gasteiger partial charge in [-0.2, -0.15) is 5.26 Å². The Kier molecular flexibility index (Phi) is 4.18. The summed E-state index contributed by atoms with van der Waals surface area (Å²) in [6.45, 7) is 1.94. The van der Waals surface area contributed by atoms with Crippen LogP contribution in [0.3, 0.4) is 0 Å². The van der Waals surface area contributed by atoms with Gasteiger partial charge in [0, 0.05) is 29.7 Å². The number of nitro groups is 1. The monoisotopic (exact) mass is 336 g/mol. The molecular weight excluding hydrogens is 324 g/mol. The fourth-order valence-corrected chi connectivity index (χ4v) is 2.50. The van der Waals surface area contributed by atoms with E-state index >= 15 is 0 Å². The largest absolute Gasteiger partial charge is 0.456 e. The quantitative estimate of drug-likeness (QED) is 0.406. The second-order valence-corrected chi connectivity index (χ2v) is 5.25. The van der Waals surface area contributed by atoms with E-state index in [-0.39, 0.29) is 17.0 Å². The van der Waals surface area contributed by atoms with Gasteiger partial charge in [0.05, 0.1) is 4.92 Å². The number of ether oxygens (including phenoxy) is 1. The molecular formula is C18H12N2O5. The first kappa shape index (κ1) is 16.2. The second-order valence-electron chi connectivity index (χ2n) is 5.25. The maximum absolute atomic E-state index is 11.6. The van der Waals surface area contributed by atoms with Crippen molar-refractivity contribution in [1.82, 2.24) is 0 Å². The Hall–Kier alpha value is -3.66. The van der Waals surface area contributed by atoms with Gasteiger partial charge in [0.2, 0.25) is 0 Å². The van der Waals surface area contributed by atoms with E-state index in [0.717, 1.165) is 17.0 Å². The molecule has 2 aromatic carbocycles. The van der Waals surface area contributed by atoms with Gasteiger partial charge < -0.3 is 9.15 Å². The molecule has 3 aromatic rings. The van der Waals surface area contributed by atoms with Crippen LogP contribution in [0.2, 0.25) is 0 Å². The minimum Gasteiger partial charge on any atom is -0.456 e. The highest BCUT2D eigenvalue weighted by atomic mass is 16.6. The molecule has 0 saturated heterocycles. The summed E-state index contributed by atoms with van der Waals surface area (Å²) in [5, 5.41) is 20.8. The zero-order valence-electron chi connectivity index (χ0n) is 13.2. The Bertz CT molecular complexity index is 1080. The molecule has 0 fully saturated rings. The molecule has 0 aliphatic rings. The highest BCUT2D eigenvalue weighted by Gasteiger charge is 2.13. The average Bonchev–Trinajstić information content (AvgIpc) is 2.60. The summed E-state index contributed by atoms with van der Waals surface area (Å²) in [7, 11) is 0. The van der Waals surface area contributed by atoms with Gasteiger partial charge in [-0.3, -0.25) is 10.1 Å². The summed E-state index contributed by atoms with van der Waals surface area (Å²) in [4.78, 5) is 21.8. The van der Waals surface area contributed by atoms with Crippen LogP contribution < -0.4 is 10.4 Å². The third kappa shape index (κ3) is 3.19. The molecule has 0 aliphatic carbocycles. The first-order valence-electron chi connectivity index (χ1n) is 7.45. The molecule has 1 aromatic heterocycles. The molecule has 0 aliphatic heterocycles. The Morgan fingerprint density at radius 2 is 2.04 bits per heavy atom. The number of nitro benzene ring substituents is 1. The summed E-state index contributed by atoms with van der Waals surface area (Å²) in [6.07, 6.45) is 0.684. The van der Waals surface area contributed by atoms with Crippen LogP contribution in [-0.2, 0) is 6.42 Å². The van der Waals surface area contributed by atoms with Crippen LogP contribution >= 0.6 is 0 Å². The number of aryl methyl sites for hydroxylation is 1. The number of nitriles is 1. The van der Waals surface area contributed by atoms with Crippen molar-refractivity contribution in [2.24, 2.45) is 0 Å². The standard InChI is InChI=1S/C18H12N2O5/c1-2-11-8-18(21)25-17-9-14(4-5-15(11)17)24-16-6-3-13(20(22)23)7-12(16)10-19/h3-9H,2H2,1H3. The smallest absolute Gasteiger partial charge is 0.336 e. The van der Waals surface area contributed by atoms with Crippen LogP contribution in [-0.4, -0.2) is 4.92 Å². The highest BCUT2D eigenvalue weighted by Crippen LogP contribution is 2.30. The van der Waals surface area contributed by atoms with Crippen molar-refractivity contribution in [2.75, 3.05) is 0 Å². The molecule has 0 bridgehead atoms. The summed E-state index contributed by atoms with van der Waals surface area (Å²) in [5.41, 5.74) is 0.640. The molecule has 0 atom stereocenters. The zero-order valence-corrected chi connectivity index (χ0v) is 13.2. The van der Waals surface area contributed by atoms with Gasteiger partial charge in [0.15, 0.2) is 0 Å². The lowest BCUT2D eigenvalue weighted by Crippen LogP contribution is -2.00. The Morgan fingerprint density at radius 3 is 2.72 bits per heavy atom. The number of hydrogen-bond donors (Lipinski definition) is 0. The zero-order chi connectivity index (χ0) is 18.0. The van der Waals surface area contributed by atoms with E-state index in [9.17, 15) is 14.9 Å². The topological polar surface area (TPSA) is 106 Å². The van der Waals surface area contributed by atoms with Crippen LogP contribution in [0.1, 0.15) is 18.1 Å². The van der Waals surface area contributed by atoms with Gasteiger partial charge in [-0.1, -0.05) is 6.92 Å². The van der Waals surface area contributed by atoms with Crippen molar-refractivity contribution in [2.45, 2.75) is 13.3 Å². The molecule has 0 spiro atoms. The third-order valence-electron chi connectivity index (χ3n) is 3.70. The predicted molar refractivity (Wildman–Crippen MR) is 89.7 cm³/mol. The Morgan fingerprint density at radius 1 is 1.24 bits per heavy atom. The number of non-ortho nitro benzene ring substituents is 1. The first-order valence-corrected chi connectivity index (χ1v) is 7.45. The molecule has 0 radical (unpaired) electrons. The average molecular weight is 336 g/mol. The maximum Gasteiger partial charge on any atom is 0.336 e. The van der Waals surface area contributed by atoms with Gasteiger partial charge in [0.25, 0.3) is 5.69 Å². The van der Waals surface area contributed by atoms with Gasteiger partial charge in [-0.15, -0.1) is 0 Å². The van der Waals surface area contributed by atoms with Crippen molar-refractivity contribution in [1.29, 1.82) is 5.26 Å². The van der Waals surface area contributed by atoms with Crippen molar-refractivity contribution in [3.63, 3.8) is 0 Å². The second kappa shape index (κ2) is 6.45. The maximum atomic E-state index is 11.6. The van der Waals surface area contributed by atoms with Gasteiger partial charge >= 0.3 is 5.63 Å². The van der Waals surface area contributed by atoms with E-state index in [4.69, 9.17) is 14.4 Å². The number of rotatable bonds is 4. The summed E-state index contributed by atoms with van der Waals surface area (Å²) < 4.78 is 10.8. The van der Waals surface area contributed by atoms with Crippen LogP contribution in [0.4, 0.5) is 5.69 Å². The Labute approximate surface area is 141 Å². The molecule has 0 unspecified atom stereocenters. The minimum atomic E-state index is -0.582. The van der Waals surface area contributed by atoms with Gasteiger partial charge in [0.1, 0.15) is 28.7 Å². The molecule has 124 valence electrons. The van der Waals surface area contributed by atoms with Gasteiger partial charge in [-0.05, 0) is 30.2 Å². The SMILES string of the molecule is CCc1cc(=O)oc2cc(Oc3ccc([N+](=O)[O-])cc3C#N)ccc12. The molecule has 0 amide bonds.